The first-order chi connectivity index (χ1) is 8.30. The average molecular weight is 288 g/mol. The van der Waals surface area contributed by atoms with Crippen LogP contribution in [0, 0.1) is 11.3 Å². The van der Waals surface area contributed by atoms with Crippen molar-refractivity contribution >= 4 is 23.2 Å². The fourth-order valence-electron chi connectivity index (χ4n) is 1.96. The summed E-state index contributed by atoms with van der Waals surface area (Å²) in [5, 5.41) is 4.77. The first-order valence-electron chi connectivity index (χ1n) is 6.45. The van der Waals surface area contributed by atoms with Crippen LogP contribution in [-0.2, 0) is 6.42 Å². The Hall–Kier alpha value is -0.240. The van der Waals surface area contributed by atoms with Crippen molar-refractivity contribution < 1.29 is 0 Å². The monoisotopic (exact) mass is 287 g/mol. The van der Waals surface area contributed by atoms with Crippen LogP contribution in [0.15, 0.2) is 18.2 Å². The van der Waals surface area contributed by atoms with Crippen molar-refractivity contribution in [1.82, 2.24) is 5.32 Å². The Kier molecular flexibility index (Phi) is 5.97. The molecule has 0 radical (unpaired) electrons. The second kappa shape index (κ2) is 6.79. The predicted octanol–water partition coefficient (Wildman–Crippen LogP) is 4.81. The Morgan fingerprint density at radius 2 is 1.83 bits per heavy atom. The molecule has 0 aromatic heterocycles. The highest BCUT2D eigenvalue weighted by Gasteiger charge is 2.18. The molecule has 0 unspecified atom stereocenters. The maximum atomic E-state index is 6.04. The Balaban J connectivity index is 2.55. The van der Waals surface area contributed by atoms with Crippen LogP contribution in [0.3, 0.4) is 0 Å². The number of nitrogens with one attached hydrogen (secondary N) is 1. The van der Waals surface area contributed by atoms with Crippen LogP contribution in [-0.4, -0.2) is 13.1 Å². The van der Waals surface area contributed by atoms with Gasteiger partial charge in [-0.15, -0.1) is 0 Å². The highest BCUT2D eigenvalue weighted by atomic mass is 35.5. The fourth-order valence-corrected chi connectivity index (χ4v) is 2.28. The quantitative estimate of drug-likeness (QED) is 0.792. The molecule has 102 valence electrons. The van der Waals surface area contributed by atoms with Crippen molar-refractivity contribution in [2.24, 2.45) is 11.3 Å². The minimum absolute atomic E-state index is 0.214. The van der Waals surface area contributed by atoms with Crippen LogP contribution in [0.25, 0.3) is 0 Å². The van der Waals surface area contributed by atoms with Gasteiger partial charge in [-0.1, -0.05) is 57.0 Å². The molecule has 0 saturated carbocycles. The Morgan fingerprint density at radius 1 is 1.17 bits per heavy atom. The molecule has 1 nitrogen and oxygen atoms in total. The maximum absolute atomic E-state index is 6.04. The largest absolute Gasteiger partial charge is 0.316 e. The molecule has 1 rings (SSSR count). The van der Waals surface area contributed by atoms with E-state index in [1.54, 1.807) is 0 Å². The van der Waals surface area contributed by atoms with Gasteiger partial charge in [0.25, 0.3) is 0 Å². The highest BCUT2D eigenvalue weighted by molar-refractivity contribution is 6.42. The van der Waals surface area contributed by atoms with Gasteiger partial charge >= 0.3 is 0 Å². The molecule has 18 heavy (non-hydrogen) atoms. The molecule has 1 aromatic carbocycles. The van der Waals surface area contributed by atoms with E-state index in [-0.39, 0.29) is 5.41 Å². The lowest BCUT2D eigenvalue weighted by molar-refractivity contribution is 0.330. The lowest BCUT2D eigenvalue weighted by atomic mass is 9.85. The summed E-state index contributed by atoms with van der Waals surface area (Å²) in [7, 11) is 0. The van der Waals surface area contributed by atoms with Gasteiger partial charge in [-0.25, -0.2) is 0 Å². The van der Waals surface area contributed by atoms with E-state index < -0.39 is 0 Å². The number of rotatable bonds is 6. The fraction of sp³-hybridized carbons (Fsp3) is 0.600. The first kappa shape index (κ1) is 15.8. The molecular weight excluding hydrogens is 265 g/mol. The van der Waals surface area contributed by atoms with Crippen molar-refractivity contribution in [3.05, 3.63) is 33.8 Å². The normalized spacial score (nSPS) is 12.2. The van der Waals surface area contributed by atoms with Crippen molar-refractivity contribution in [2.45, 2.75) is 34.1 Å². The Labute approximate surface area is 121 Å². The zero-order chi connectivity index (χ0) is 13.8. The number of hydrogen-bond donors (Lipinski definition) is 1. The summed E-state index contributed by atoms with van der Waals surface area (Å²) in [5.41, 5.74) is 1.45. The Bertz CT molecular complexity index is 386. The maximum Gasteiger partial charge on any atom is 0.0595 e. The van der Waals surface area contributed by atoms with Crippen molar-refractivity contribution in [1.29, 1.82) is 0 Å². The van der Waals surface area contributed by atoms with Crippen molar-refractivity contribution in [2.75, 3.05) is 13.1 Å². The SMILES string of the molecule is CC(C)CNCC(C)(C)Cc1ccc(Cl)c(Cl)c1. The number of benzene rings is 1. The third kappa shape index (κ3) is 5.60. The van der Waals surface area contributed by atoms with Gasteiger partial charge in [0, 0.05) is 6.54 Å². The first-order valence-corrected chi connectivity index (χ1v) is 7.20. The summed E-state index contributed by atoms with van der Waals surface area (Å²) < 4.78 is 0. The summed E-state index contributed by atoms with van der Waals surface area (Å²) in [5.74, 6) is 0.686. The van der Waals surface area contributed by atoms with E-state index in [0.29, 0.717) is 16.0 Å². The second-order valence-corrected chi connectivity index (χ2v) is 6.93. The number of hydrogen-bond acceptors (Lipinski definition) is 1. The van der Waals surface area contributed by atoms with Crippen LogP contribution in [0.2, 0.25) is 10.0 Å². The molecule has 0 fully saturated rings. The van der Waals surface area contributed by atoms with Gasteiger partial charge in [-0.2, -0.15) is 0 Å². The van der Waals surface area contributed by atoms with Crippen LogP contribution >= 0.6 is 23.2 Å². The summed E-state index contributed by atoms with van der Waals surface area (Å²) >= 11 is 12.0. The van der Waals surface area contributed by atoms with Gasteiger partial charge in [0.1, 0.15) is 0 Å². The molecule has 0 atom stereocenters. The van der Waals surface area contributed by atoms with Gasteiger partial charge < -0.3 is 5.32 Å². The summed E-state index contributed by atoms with van der Waals surface area (Å²) in [6.07, 6.45) is 0.995. The van der Waals surface area contributed by atoms with E-state index in [9.17, 15) is 0 Å². The second-order valence-electron chi connectivity index (χ2n) is 6.11. The molecule has 0 aliphatic rings. The molecular formula is C15H23Cl2N. The molecule has 0 aliphatic heterocycles. The van der Waals surface area contributed by atoms with E-state index in [0.717, 1.165) is 19.5 Å². The average Bonchev–Trinajstić information content (AvgIpc) is 2.22. The van der Waals surface area contributed by atoms with Crippen LogP contribution < -0.4 is 5.32 Å². The van der Waals surface area contributed by atoms with Gasteiger partial charge in [-0.05, 0) is 42.0 Å². The van der Waals surface area contributed by atoms with E-state index in [4.69, 9.17) is 23.2 Å². The topological polar surface area (TPSA) is 12.0 Å². The van der Waals surface area contributed by atoms with E-state index in [1.165, 1.54) is 5.56 Å². The third-order valence-electron chi connectivity index (χ3n) is 2.82. The highest BCUT2D eigenvalue weighted by Crippen LogP contribution is 2.27. The van der Waals surface area contributed by atoms with Crippen LogP contribution in [0.4, 0.5) is 0 Å². The molecule has 0 heterocycles. The molecule has 3 heteroatoms. The Morgan fingerprint density at radius 3 is 2.39 bits per heavy atom. The van der Waals surface area contributed by atoms with Gasteiger partial charge in [0.05, 0.1) is 10.0 Å². The van der Waals surface area contributed by atoms with Crippen LogP contribution in [0.5, 0.6) is 0 Å². The molecule has 1 aromatic rings. The van der Waals surface area contributed by atoms with E-state index >= 15 is 0 Å². The summed E-state index contributed by atoms with van der Waals surface area (Å²) in [6, 6.07) is 5.89. The van der Waals surface area contributed by atoms with Crippen molar-refractivity contribution in [3.63, 3.8) is 0 Å². The predicted molar refractivity (Wildman–Crippen MR) is 81.7 cm³/mol. The van der Waals surface area contributed by atoms with Crippen molar-refractivity contribution in [3.8, 4) is 0 Å². The smallest absolute Gasteiger partial charge is 0.0595 e. The minimum Gasteiger partial charge on any atom is -0.316 e. The minimum atomic E-state index is 0.214. The van der Waals surface area contributed by atoms with Gasteiger partial charge in [-0.3, -0.25) is 0 Å². The van der Waals surface area contributed by atoms with E-state index in [2.05, 4.69) is 39.1 Å². The zero-order valence-corrected chi connectivity index (χ0v) is 13.2. The van der Waals surface area contributed by atoms with Gasteiger partial charge in [0.2, 0.25) is 0 Å². The summed E-state index contributed by atoms with van der Waals surface area (Å²) in [4.78, 5) is 0. The lowest BCUT2D eigenvalue weighted by Crippen LogP contribution is -2.33. The molecule has 0 spiro atoms. The molecule has 0 amide bonds. The van der Waals surface area contributed by atoms with E-state index in [1.807, 2.05) is 12.1 Å². The third-order valence-corrected chi connectivity index (χ3v) is 3.56. The molecule has 0 saturated heterocycles. The number of halogens is 2. The zero-order valence-electron chi connectivity index (χ0n) is 11.7. The molecule has 0 bridgehead atoms. The molecule has 1 N–H and O–H groups in total. The van der Waals surface area contributed by atoms with Crippen LogP contribution in [0.1, 0.15) is 33.3 Å². The van der Waals surface area contributed by atoms with Gasteiger partial charge in [0.15, 0.2) is 0 Å². The summed E-state index contributed by atoms with van der Waals surface area (Å²) in [6.45, 7) is 11.0. The standard InChI is InChI=1S/C15H23Cl2N/c1-11(2)9-18-10-15(3,4)8-12-5-6-13(16)14(17)7-12/h5-7,11,18H,8-10H2,1-4H3. The lowest BCUT2D eigenvalue weighted by Gasteiger charge is -2.26. The molecule has 0 aliphatic carbocycles.